The zero-order chi connectivity index (χ0) is 26.2. The molecule has 0 fully saturated rings. The molecule has 1 unspecified atom stereocenters. The summed E-state index contributed by atoms with van der Waals surface area (Å²) in [6, 6.07) is 26.6. The Hall–Kier alpha value is -3.54. The molecular weight excluding hydrogens is 466 g/mol. The molecule has 0 bridgehead atoms. The molecule has 5 nitrogen and oxygen atoms in total. The summed E-state index contributed by atoms with van der Waals surface area (Å²) in [5.74, 6) is 0. The first-order valence-electron chi connectivity index (χ1n) is 13.8. The van der Waals surface area contributed by atoms with Crippen molar-refractivity contribution >= 4 is 5.69 Å². The van der Waals surface area contributed by atoms with Crippen molar-refractivity contribution < 1.29 is 0 Å². The van der Waals surface area contributed by atoms with Crippen LogP contribution in [0.1, 0.15) is 64.5 Å². The maximum absolute atomic E-state index is 4.78. The largest absolute Gasteiger partial charge is 0.378 e. The van der Waals surface area contributed by atoms with Crippen LogP contribution >= 0.6 is 0 Å². The standard InChI is InChI=1S/C33H39N5/c1-38(2)31-16-13-25(14-17-31)20-29-21-26(22-34-24-30-10-5-6-18-35-30)12-15-28(29)23-37-32-11-4-3-8-27-9-7-19-36-33(27)32/h5-7,9-10,12-19,21,32,34,37H,3-4,8,11,20,22-24H2,1-2H3. The Morgan fingerprint density at radius 2 is 1.63 bits per heavy atom. The first kappa shape index (κ1) is 26.1. The molecule has 4 aromatic rings. The molecule has 38 heavy (non-hydrogen) atoms. The molecule has 0 amide bonds. The Labute approximate surface area is 227 Å². The average Bonchev–Trinajstić information content (AvgIpc) is 3.16. The van der Waals surface area contributed by atoms with Gasteiger partial charge in [0.1, 0.15) is 0 Å². The van der Waals surface area contributed by atoms with Crippen molar-refractivity contribution in [1.29, 1.82) is 0 Å². The molecule has 1 atom stereocenters. The third-order valence-electron chi connectivity index (χ3n) is 7.46. The second kappa shape index (κ2) is 12.8. The fourth-order valence-electron chi connectivity index (χ4n) is 5.30. The van der Waals surface area contributed by atoms with Gasteiger partial charge < -0.3 is 15.5 Å². The maximum Gasteiger partial charge on any atom is 0.0605 e. The molecule has 2 aromatic heterocycles. The van der Waals surface area contributed by atoms with Crippen molar-refractivity contribution in [3.05, 3.63) is 124 Å². The normalized spacial score (nSPS) is 15.1. The zero-order valence-electron chi connectivity index (χ0n) is 22.7. The van der Waals surface area contributed by atoms with E-state index in [1.165, 1.54) is 52.0 Å². The smallest absolute Gasteiger partial charge is 0.0605 e. The van der Waals surface area contributed by atoms with E-state index in [-0.39, 0.29) is 0 Å². The summed E-state index contributed by atoms with van der Waals surface area (Å²) in [6.45, 7) is 2.42. The summed E-state index contributed by atoms with van der Waals surface area (Å²) in [5.41, 5.74) is 10.3. The van der Waals surface area contributed by atoms with E-state index < -0.39 is 0 Å². The van der Waals surface area contributed by atoms with Crippen LogP contribution in [0.3, 0.4) is 0 Å². The molecule has 2 aromatic carbocycles. The monoisotopic (exact) mass is 505 g/mol. The van der Waals surface area contributed by atoms with Crippen molar-refractivity contribution in [2.45, 2.75) is 57.8 Å². The van der Waals surface area contributed by atoms with Gasteiger partial charge in [0, 0.05) is 51.8 Å². The number of nitrogens with zero attached hydrogens (tertiary/aromatic N) is 3. The molecule has 0 saturated heterocycles. The number of fused-ring (bicyclic) bond motifs is 1. The van der Waals surface area contributed by atoms with Crippen molar-refractivity contribution in [3.63, 3.8) is 0 Å². The lowest BCUT2D eigenvalue weighted by atomic mass is 9.96. The van der Waals surface area contributed by atoms with E-state index in [9.17, 15) is 0 Å². The Morgan fingerprint density at radius 1 is 0.789 bits per heavy atom. The minimum Gasteiger partial charge on any atom is -0.378 e. The highest BCUT2D eigenvalue weighted by Crippen LogP contribution is 2.28. The van der Waals surface area contributed by atoms with Crippen LogP contribution in [-0.2, 0) is 32.5 Å². The van der Waals surface area contributed by atoms with Crippen molar-refractivity contribution in [2.24, 2.45) is 0 Å². The summed E-state index contributed by atoms with van der Waals surface area (Å²) in [4.78, 5) is 11.4. The van der Waals surface area contributed by atoms with Gasteiger partial charge >= 0.3 is 0 Å². The quantitative estimate of drug-likeness (QED) is 0.260. The number of pyridine rings is 2. The molecule has 1 aliphatic rings. The summed E-state index contributed by atoms with van der Waals surface area (Å²) >= 11 is 0. The molecule has 2 heterocycles. The van der Waals surface area contributed by atoms with Gasteiger partial charge in [-0.2, -0.15) is 0 Å². The molecular formula is C33H39N5. The van der Waals surface area contributed by atoms with E-state index >= 15 is 0 Å². The predicted molar refractivity (Wildman–Crippen MR) is 156 cm³/mol. The van der Waals surface area contributed by atoms with E-state index in [2.05, 4.69) is 95.3 Å². The molecule has 5 heteroatoms. The Morgan fingerprint density at radius 3 is 2.45 bits per heavy atom. The summed E-state index contributed by atoms with van der Waals surface area (Å²) in [6.07, 6.45) is 9.45. The van der Waals surface area contributed by atoms with Crippen LogP contribution in [0.25, 0.3) is 0 Å². The lowest BCUT2D eigenvalue weighted by molar-refractivity contribution is 0.479. The van der Waals surface area contributed by atoms with Gasteiger partial charge in [-0.05, 0) is 83.8 Å². The number of anilines is 1. The minimum atomic E-state index is 0.306. The van der Waals surface area contributed by atoms with Crippen molar-refractivity contribution in [2.75, 3.05) is 19.0 Å². The molecule has 0 aliphatic heterocycles. The van der Waals surface area contributed by atoms with Crippen LogP contribution in [0, 0.1) is 0 Å². The summed E-state index contributed by atoms with van der Waals surface area (Å²) < 4.78 is 0. The first-order valence-corrected chi connectivity index (χ1v) is 13.8. The van der Waals surface area contributed by atoms with Crippen LogP contribution < -0.4 is 15.5 Å². The fraction of sp³-hybridized carbons (Fsp3) is 0.333. The Balaban J connectivity index is 1.33. The van der Waals surface area contributed by atoms with E-state index in [0.29, 0.717) is 6.04 Å². The van der Waals surface area contributed by atoms with Crippen LogP contribution in [0.2, 0.25) is 0 Å². The molecule has 0 radical (unpaired) electrons. The minimum absolute atomic E-state index is 0.306. The van der Waals surface area contributed by atoms with E-state index in [1.807, 2.05) is 24.5 Å². The lowest BCUT2D eigenvalue weighted by Gasteiger charge is -2.20. The number of aromatic nitrogens is 2. The van der Waals surface area contributed by atoms with Gasteiger partial charge in [0.05, 0.1) is 17.4 Å². The van der Waals surface area contributed by atoms with Gasteiger partial charge in [0.25, 0.3) is 0 Å². The molecule has 2 N–H and O–H groups in total. The lowest BCUT2D eigenvalue weighted by Crippen LogP contribution is -2.23. The van der Waals surface area contributed by atoms with Gasteiger partial charge in [0.15, 0.2) is 0 Å². The Bertz CT molecular complexity index is 1300. The van der Waals surface area contributed by atoms with Gasteiger partial charge in [-0.25, -0.2) is 0 Å². The average molecular weight is 506 g/mol. The predicted octanol–water partition coefficient (Wildman–Crippen LogP) is 5.98. The highest BCUT2D eigenvalue weighted by atomic mass is 15.1. The molecule has 196 valence electrons. The molecule has 0 spiro atoms. The van der Waals surface area contributed by atoms with Crippen LogP contribution in [-0.4, -0.2) is 24.1 Å². The summed E-state index contributed by atoms with van der Waals surface area (Å²) in [5, 5.41) is 7.43. The van der Waals surface area contributed by atoms with Gasteiger partial charge in [-0.3, -0.25) is 9.97 Å². The fourth-order valence-corrected chi connectivity index (χ4v) is 5.30. The third-order valence-corrected chi connectivity index (χ3v) is 7.46. The highest BCUT2D eigenvalue weighted by Gasteiger charge is 2.19. The topological polar surface area (TPSA) is 53.1 Å². The van der Waals surface area contributed by atoms with E-state index in [0.717, 1.165) is 44.6 Å². The van der Waals surface area contributed by atoms with Crippen LogP contribution in [0.15, 0.2) is 85.2 Å². The number of nitrogens with one attached hydrogen (secondary N) is 2. The number of hydrogen-bond donors (Lipinski definition) is 2. The SMILES string of the molecule is CN(C)c1ccc(Cc2cc(CNCc3ccccn3)ccc2CNC2CCCCc3cccnc32)cc1. The van der Waals surface area contributed by atoms with E-state index in [1.54, 1.807) is 0 Å². The number of hydrogen-bond acceptors (Lipinski definition) is 5. The van der Waals surface area contributed by atoms with Gasteiger partial charge in [-0.15, -0.1) is 0 Å². The second-order valence-corrected chi connectivity index (χ2v) is 10.5. The van der Waals surface area contributed by atoms with E-state index in [4.69, 9.17) is 4.98 Å². The number of rotatable bonds is 10. The van der Waals surface area contributed by atoms with Crippen LogP contribution in [0.4, 0.5) is 5.69 Å². The Kier molecular flexibility index (Phi) is 8.79. The van der Waals surface area contributed by atoms with Gasteiger partial charge in [-0.1, -0.05) is 48.9 Å². The highest BCUT2D eigenvalue weighted by molar-refractivity contribution is 5.47. The number of benzene rings is 2. The molecule has 1 aliphatic carbocycles. The second-order valence-electron chi connectivity index (χ2n) is 10.5. The van der Waals surface area contributed by atoms with Crippen molar-refractivity contribution in [3.8, 4) is 0 Å². The van der Waals surface area contributed by atoms with Crippen molar-refractivity contribution in [1.82, 2.24) is 20.6 Å². The zero-order valence-corrected chi connectivity index (χ0v) is 22.7. The third kappa shape index (κ3) is 6.85. The molecule has 5 rings (SSSR count). The summed E-state index contributed by atoms with van der Waals surface area (Å²) in [7, 11) is 4.17. The molecule has 0 saturated carbocycles. The van der Waals surface area contributed by atoms with Crippen LogP contribution in [0.5, 0.6) is 0 Å². The first-order chi connectivity index (χ1) is 18.7. The maximum atomic E-state index is 4.78. The number of aryl methyl sites for hydroxylation is 1. The van der Waals surface area contributed by atoms with Gasteiger partial charge in [0.2, 0.25) is 0 Å².